The summed E-state index contributed by atoms with van der Waals surface area (Å²) < 4.78 is 6.60. The highest BCUT2D eigenvalue weighted by Crippen LogP contribution is 2.35. The van der Waals surface area contributed by atoms with E-state index >= 15 is 0 Å². The number of aromatic nitrogens is 2. The maximum Gasteiger partial charge on any atom is 0.337 e. The molecule has 0 radical (unpaired) electrons. The highest BCUT2D eigenvalue weighted by Gasteiger charge is 2.30. The lowest BCUT2D eigenvalue weighted by Crippen LogP contribution is -2.50. The van der Waals surface area contributed by atoms with Crippen molar-refractivity contribution >= 4 is 33.6 Å². The van der Waals surface area contributed by atoms with Crippen LogP contribution >= 0.6 is 11.3 Å². The molecule has 0 saturated heterocycles. The molecule has 1 aliphatic heterocycles. The lowest BCUT2D eigenvalue weighted by atomic mass is 9.89. The van der Waals surface area contributed by atoms with Gasteiger partial charge in [0, 0.05) is 4.88 Å². The zero-order valence-electron chi connectivity index (χ0n) is 16.7. The normalized spacial score (nSPS) is 21.6. The number of aryl methyl sites for hydroxylation is 1. The number of carbonyl (C=O) groups excluding carboxylic acids is 2. The van der Waals surface area contributed by atoms with Crippen LogP contribution in [0.2, 0.25) is 0 Å². The molecule has 1 aliphatic carbocycles. The molecule has 2 aromatic rings. The highest BCUT2D eigenvalue weighted by atomic mass is 32.1. The Morgan fingerprint density at radius 3 is 2.93 bits per heavy atom. The van der Waals surface area contributed by atoms with Gasteiger partial charge in [-0.2, -0.15) is 0 Å². The second kappa shape index (κ2) is 7.62. The van der Waals surface area contributed by atoms with Gasteiger partial charge in [0.15, 0.2) is 0 Å². The molecule has 9 heteroatoms. The van der Waals surface area contributed by atoms with Gasteiger partial charge >= 0.3 is 12.0 Å². The van der Waals surface area contributed by atoms with Gasteiger partial charge in [0.25, 0.3) is 5.56 Å². The Hall–Kier alpha value is -2.68. The Morgan fingerprint density at radius 2 is 2.17 bits per heavy atom. The number of hydrogen-bond acceptors (Lipinski definition) is 6. The molecular formula is C20H24N4O4S. The molecule has 2 amide bonds. The van der Waals surface area contributed by atoms with Crippen molar-refractivity contribution < 1.29 is 14.3 Å². The number of nitrogens with zero attached hydrogens (tertiary/aromatic N) is 2. The summed E-state index contributed by atoms with van der Waals surface area (Å²) in [7, 11) is 0. The van der Waals surface area contributed by atoms with Crippen molar-refractivity contribution in [2.75, 3.05) is 6.61 Å². The summed E-state index contributed by atoms with van der Waals surface area (Å²) in [5.41, 5.74) is 1.65. The summed E-state index contributed by atoms with van der Waals surface area (Å²) in [4.78, 5) is 44.1. The van der Waals surface area contributed by atoms with E-state index in [0.29, 0.717) is 22.6 Å². The molecule has 2 aliphatic rings. The number of ether oxygens (including phenoxy) is 1. The Balaban J connectivity index is 1.77. The van der Waals surface area contributed by atoms with Crippen LogP contribution in [0.15, 0.2) is 22.4 Å². The Morgan fingerprint density at radius 1 is 1.38 bits per heavy atom. The predicted octanol–water partition coefficient (Wildman–Crippen LogP) is 2.10. The average molecular weight is 417 g/mol. The fraction of sp³-hybridized carbons (Fsp3) is 0.500. The smallest absolute Gasteiger partial charge is 0.337 e. The van der Waals surface area contributed by atoms with Crippen LogP contribution in [-0.2, 0) is 28.9 Å². The van der Waals surface area contributed by atoms with E-state index in [1.54, 1.807) is 25.2 Å². The molecule has 2 aromatic heterocycles. The molecule has 0 unspecified atom stereocenters. The summed E-state index contributed by atoms with van der Waals surface area (Å²) in [5.74, 6) is 0.105. The second-order valence-corrected chi connectivity index (χ2v) is 8.73. The highest BCUT2D eigenvalue weighted by molar-refractivity contribution is 7.18. The van der Waals surface area contributed by atoms with Crippen LogP contribution < -0.4 is 16.2 Å². The molecule has 3 heterocycles. The molecular weight excluding hydrogens is 392 g/mol. The number of hydrogen-bond donors (Lipinski definition) is 2. The van der Waals surface area contributed by atoms with Gasteiger partial charge in [-0.15, -0.1) is 11.3 Å². The van der Waals surface area contributed by atoms with Gasteiger partial charge in [0.1, 0.15) is 4.83 Å². The van der Waals surface area contributed by atoms with Crippen molar-refractivity contribution in [2.45, 2.75) is 52.6 Å². The van der Waals surface area contributed by atoms with Crippen LogP contribution in [0, 0.1) is 5.92 Å². The Bertz CT molecular complexity index is 1080. The van der Waals surface area contributed by atoms with Crippen molar-refractivity contribution in [1.82, 2.24) is 20.2 Å². The van der Waals surface area contributed by atoms with Crippen LogP contribution in [0.1, 0.15) is 37.6 Å². The van der Waals surface area contributed by atoms with Crippen LogP contribution in [0.5, 0.6) is 0 Å². The number of fused-ring (bicyclic) bond motifs is 3. The van der Waals surface area contributed by atoms with Gasteiger partial charge in [0.2, 0.25) is 0 Å². The van der Waals surface area contributed by atoms with Gasteiger partial charge in [-0.1, -0.05) is 6.92 Å². The zero-order chi connectivity index (χ0) is 20.7. The van der Waals surface area contributed by atoms with E-state index in [-0.39, 0.29) is 18.7 Å². The molecule has 0 saturated carbocycles. The third kappa shape index (κ3) is 3.55. The molecule has 0 aromatic carbocycles. The number of nitrogens with one attached hydrogen (secondary N) is 2. The maximum atomic E-state index is 13.2. The standard InChI is InChI=1S/C20H24N4O4S/c1-4-28-19(26)15-11(3)22-20(27)23-13(15)8-24-9-21-17-16(18(24)25)12-6-5-10(2)7-14(12)29-17/h9-11H,4-8H2,1-3H3,(H2,22,23,27)/t10-,11-/m0/s1. The molecule has 4 rings (SSSR count). The summed E-state index contributed by atoms with van der Waals surface area (Å²) in [6, 6.07) is -0.926. The SMILES string of the molecule is CCOC(=O)C1=C(Cn2cnc3sc4c(c3c2=O)CC[C@H](C)C4)NC(=O)N[C@H]1C. The first-order chi connectivity index (χ1) is 13.9. The minimum Gasteiger partial charge on any atom is -0.463 e. The van der Waals surface area contributed by atoms with Crippen LogP contribution in [-0.4, -0.2) is 34.2 Å². The fourth-order valence-corrected chi connectivity index (χ4v) is 5.39. The molecule has 0 spiro atoms. The Labute approximate surface area is 172 Å². The van der Waals surface area contributed by atoms with E-state index in [1.165, 1.54) is 15.8 Å². The first-order valence-corrected chi connectivity index (χ1v) is 10.7. The van der Waals surface area contributed by atoms with E-state index in [2.05, 4.69) is 22.5 Å². The van der Waals surface area contributed by atoms with Crippen molar-refractivity contribution in [3.63, 3.8) is 0 Å². The number of esters is 1. The largest absolute Gasteiger partial charge is 0.463 e. The van der Waals surface area contributed by atoms with Gasteiger partial charge in [0.05, 0.1) is 42.2 Å². The topological polar surface area (TPSA) is 102 Å². The van der Waals surface area contributed by atoms with Crippen molar-refractivity contribution in [2.24, 2.45) is 5.92 Å². The first kappa shape index (κ1) is 19.6. The number of allylic oxidation sites excluding steroid dienone is 1. The van der Waals surface area contributed by atoms with Crippen LogP contribution in [0.4, 0.5) is 4.79 Å². The summed E-state index contributed by atoms with van der Waals surface area (Å²) in [6.45, 7) is 5.94. The van der Waals surface area contributed by atoms with E-state index in [1.807, 2.05) is 0 Å². The molecule has 2 atom stereocenters. The van der Waals surface area contributed by atoms with Crippen LogP contribution in [0.25, 0.3) is 10.2 Å². The number of amides is 2. The van der Waals surface area contributed by atoms with Gasteiger partial charge < -0.3 is 15.4 Å². The first-order valence-electron chi connectivity index (χ1n) is 9.86. The minimum atomic E-state index is -0.513. The molecule has 154 valence electrons. The van der Waals surface area contributed by atoms with Crippen LogP contribution in [0.3, 0.4) is 0 Å². The fourth-order valence-electron chi connectivity index (χ4n) is 4.05. The number of rotatable bonds is 4. The quantitative estimate of drug-likeness (QED) is 0.743. The van der Waals surface area contributed by atoms with Gasteiger partial charge in [-0.05, 0) is 44.6 Å². The average Bonchev–Trinajstić information content (AvgIpc) is 3.01. The predicted molar refractivity (Wildman–Crippen MR) is 110 cm³/mol. The van der Waals surface area contributed by atoms with E-state index in [9.17, 15) is 14.4 Å². The third-order valence-corrected chi connectivity index (χ3v) is 6.64. The molecule has 8 nitrogen and oxygen atoms in total. The summed E-state index contributed by atoms with van der Waals surface area (Å²) in [6.07, 6.45) is 4.41. The lowest BCUT2D eigenvalue weighted by Gasteiger charge is -2.26. The second-order valence-electron chi connectivity index (χ2n) is 7.64. The van der Waals surface area contributed by atoms with Crippen molar-refractivity contribution in [1.29, 1.82) is 0 Å². The monoisotopic (exact) mass is 416 g/mol. The molecule has 0 bridgehead atoms. The van der Waals surface area contributed by atoms with Gasteiger partial charge in [-0.25, -0.2) is 14.6 Å². The Kier molecular flexibility index (Phi) is 5.16. The molecule has 0 fully saturated rings. The van der Waals surface area contributed by atoms with Gasteiger partial charge in [-0.3, -0.25) is 9.36 Å². The zero-order valence-corrected chi connectivity index (χ0v) is 17.5. The van der Waals surface area contributed by atoms with E-state index < -0.39 is 18.0 Å². The lowest BCUT2D eigenvalue weighted by molar-refractivity contribution is -0.139. The molecule has 2 N–H and O–H groups in total. The number of thiophene rings is 1. The van der Waals surface area contributed by atoms with Crippen molar-refractivity contribution in [3.8, 4) is 0 Å². The maximum absolute atomic E-state index is 13.2. The molecule has 29 heavy (non-hydrogen) atoms. The summed E-state index contributed by atoms with van der Waals surface area (Å²) >= 11 is 1.59. The number of carbonyl (C=O) groups is 2. The van der Waals surface area contributed by atoms with E-state index in [0.717, 1.165) is 29.7 Å². The summed E-state index contributed by atoms with van der Waals surface area (Å²) in [5, 5.41) is 6.00. The third-order valence-electron chi connectivity index (χ3n) is 5.48. The minimum absolute atomic E-state index is 0.0503. The van der Waals surface area contributed by atoms with E-state index in [4.69, 9.17) is 4.74 Å². The number of urea groups is 1. The van der Waals surface area contributed by atoms with Crippen molar-refractivity contribution in [3.05, 3.63) is 38.4 Å².